The molecule has 1 aromatic heterocycles. The van der Waals surface area contributed by atoms with Crippen molar-refractivity contribution in [3.05, 3.63) is 94.3 Å². The van der Waals surface area contributed by atoms with Crippen molar-refractivity contribution in [3.8, 4) is 16.9 Å². The minimum atomic E-state index is -0.493. The van der Waals surface area contributed by atoms with Gasteiger partial charge in [0.05, 0.1) is 6.61 Å². The summed E-state index contributed by atoms with van der Waals surface area (Å²) in [6.07, 6.45) is 0. The van der Waals surface area contributed by atoms with Crippen LogP contribution in [0.4, 0.5) is 5.69 Å². The summed E-state index contributed by atoms with van der Waals surface area (Å²) in [5.74, 6) is -0.554. The summed E-state index contributed by atoms with van der Waals surface area (Å²) in [4.78, 5) is 24.4. The molecule has 156 valence electrons. The SMILES string of the molecule is CCOC(=O)c1ccccc1[NH2+]Cc1cc(=O)oc2cc(-c3ccccc3)c([O-])cc12. The van der Waals surface area contributed by atoms with Crippen LogP contribution in [0.5, 0.6) is 5.75 Å². The molecule has 0 bridgehead atoms. The van der Waals surface area contributed by atoms with Crippen LogP contribution in [0, 0.1) is 0 Å². The number of rotatable bonds is 6. The van der Waals surface area contributed by atoms with Gasteiger partial charge in [-0.1, -0.05) is 48.5 Å². The standard InChI is InChI=1S/C25H21NO5/c1-2-30-25(29)18-10-6-7-11-21(18)26-15-17-12-24(28)31-23-14-19(22(27)13-20(17)23)16-8-4-3-5-9-16/h3-14,26-27H,2,15H2,1H3. The van der Waals surface area contributed by atoms with Gasteiger partial charge in [0.2, 0.25) is 0 Å². The number of esters is 1. The molecule has 3 aromatic carbocycles. The molecule has 0 aliphatic rings. The highest BCUT2D eigenvalue weighted by Crippen LogP contribution is 2.32. The highest BCUT2D eigenvalue weighted by molar-refractivity contribution is 5.93. The van der Waals surface area contributed by atoms with Gasteiger partial charge < -0.3 is 19.6 Å². The maximum atomic E-state index is 12.8. The van der Waals surface area contributed by atoms with Crippen LogP contribution in [-0.2, 0) is 11.3 Å². The smallest absolute Gasteiger partial charge is 0.344 e. The number of fused-ring (bicyclic) bond motifs is 1. The van der Waals surface area contributed by atoms with Crippen molar-refractivity contribution >= 4 is 22.6 Å². The molecule has 0 amide bonds. The summed E-state index contributed by atoms with van der Waals surface area (Å²) in [6, 6.07) is 20.9. The van der Waals surface area contributed by atoms with Gasteiger partial charge in [0, 0.05) is 17.0 Å². The molecule has 4 aromatic rings. The summed E-state index contributed by atoms with van der Waals surface area (Å²) in [6.45, 7) is 2.39. The second-order valence-corrected chi connectivity index (χ2v) is 7.02. The van der Waals surface area contributed by atoms with Crippen LogP contribution >= 0.6 is 0 Å². The molecule has 2 N–H and O–H groups in total. The summed E-state index contributed by atoms with van der Waals surface area (Å²) in [5.41, 5.74) is 2.91. The number of nitrogens with two attached hydrogens (primary N) is 1. The lowest BCUT2D eigenvalue weighted by atomic mass is 10.0. The minimum Gasteiger partial charge on any atom is -0.872 e. The fraction of sp³-hybridized carbons (Fsp3) is 0.120. The topological polar surface area (TPSA) is 96.2 Å². The number of ether oxygens (including phenoxy) is 1. The maximum absolute atomic E-state index is 12.8. The fourth-order valence-corrected chi connectivity index (χ4v) is 3.56. The van der Waals surface area contributed by atoms with Crippen LogP contribution < -0.4 is 16.0 Å². The Morgan fingerprint density at radius 1 is 1.03 bits per heavy atom. The van der Waals surface area contributed by atoms with Gasteiger partial charge in [0.1, 0.15) is 23.4 Å². The number of carbonyl (C=O) groups excluding carboxylic acids is 1. The number of quaternary nitrogens is 1. The number of hydrogen-bond acceptors (Lipinski definition) is 5. The van der Waals surface area contributed by atoms with Crippen molar-refractivity contribution in [1.82, 2.24) is 0 Å². The number of benzene rings is 3. The van der Waals surface area contributed by atoms with E-state index in [1.807, 2.05) is 47.8 Å². The van der Waals surface area contributed by atoms with Gasteiger partial charge in [0.25, 0.3) is 0 Å². The molecule has 0 saturated carbocycles. The molecule has 4 rings (SSSR count). The predicted octanol–water partition coefficient (Wildman–Crippen LogP) is 3.11. The molecule has 0 aliphatic heterocycles. The van der Waals surface area contributed by atoms with E-state index >= 15 is 0 Å². The summed E-state index contributed by atoms with van der Waals surface area (Å²) in [7, 11) is 0. The van der Waals surface area contributed by atoms with Crippen molar-refractivity contribution in [3.63, 3.8) is 0 Å². The van der Waals surface area contributed by atoms with E-state index in [1.165, 1.54) is 12.1 Å². The van der Waals surface area contributed by atoms with Gasteiger partial charge in [-0.25, -0.2) is 9.59 Å². The Balaban J connectivity index is 1.70. The first-order valence-corrected chi connectivity index (χ1v) is 9.99. The summed E-state index contributed by atoms with van der Waals surface area (Å²) < 4.78 is 10.5. The van der Waals surface area contributed by atoms with Gasteiger partial charge in [-0.2, -0.15) is 0 Å². The van der Waals surface area contributed by atoms with Gasteiger partial charge in [-0.3, -0.25) is 0 Å². The van der Waals surface area contributed by atoms with E-state index in [2.05, 4.69) is 0 Å². The normalized spacial score (nSPS) is 10.9. The Morgan fingerprint density at radius 2 is 1.77 bits per heavy atom. The van der Waals surface area contributed by atoms with Gasteiger partial charge >= 0.3 is 11.6 Å². The van der Waals surface area contributed by atoms with Gasteiger partial charge in [0.15, 0.2) is 0 Å². The van der Waals surface area contributed by atoms with E-state index in [9.17, 15) is 14.7 Å². The summed E-state index contributed by atoms with van der Waals surface area (Å²) in [5, 5.41) is 15.2. The van der Waals surface area contributed by atoms with Crippen LogP contribution in [0.3, 0.4) is 0 Å². The van der Waals surface area contributed by atoms with E-state index in [0.717, 1.165) is 5.56 Å². The maximum Gasteiger partial charge on any atom is 0.344 e. The van der Waals surface area contributed by atoms with Crippen LogP contribution in [0.2, 0.25) is 0 Å². The molecule has 0 aliphatic carbocycles. The first-order valence-electron chi connectivity index (χ1n) is 9.99. The number of hydrogen-bond donors (Lipinski definition) is 1. The van der Waals surface area contributed by atoms with Crippen molar-refractivity contribution in [1.29, 1.82) is 0 Å². The van der Waals surface area contributed by atoms with E-state index in [-0.39, 0.29) is 12.4 Å². The van der Waals surface area contributed by atoms with Gasteiger partial charge in [-0.15, -0.1) is 5.75 Å². The molecule has 0 saturated heterocycles. The second-order valence-electron chi connectivity index (χ2n) is 7.02. The highest BCUT2D eigenvalue weighted by atomic mass is 16.5. The third kappa shape index (κ3) is 4.34. The van der Waals surface area contributed by atoms with Crippen molar-refractivity contribution in [2.24, 2.45) is 0 Å². The van der Waals surface area contributed by atoms with E-state index < -0.39 is 11.6 Å². The van der Waals surface area contributed by atoms with Crippen LogP contribution in [0.1, 0.15) is 22.8 Å². The Morgan fingerprint density at radius 3 is 2.55 bits per heavy atom. The van der Waals surface area contributed by atoms with Crippen molar-refractivity contribution < 1.29 is 24.4 Å². The van der Waals surface area contributed by atoms with E-state index in [0.29, 0.717) is 39.9 Å². The first kappa shape index (κ1) is 20.4. The van der Waals surface area contributed by atoms with E-state index in [4.69, 9.17) is 9.15 Å². The molecular formula is C25H21NO5. The molecule has 0 spiro atoms. The lowest BCUT2D eigenvalue weighted by Crippen LogP contribution is -2.76. The monoisotopic (exact) mass is 415 g/mol. The molecule has 0 unspecified atom stereocenters. The summed E-state index contributed by atoms with van der Waals surface area (Å²) >= 11 is 0. The Hall–Kier alpha value is -3.90. The Kier molecular flexibility index (Phi) is 5.82. The zero-order valence-electron chi connectivity index (χ0n) is 17.0. The van der Waals surface area contributed by atoms with Crippen LogP contribution in [-0.4, -0.2) is 12.6 Å². The third-order valence-corrected chi connectivity index (χ3v) is 5.01. The molecule has 1 heterocycles. The van der Waals surface area contributed by atoms with E-state index in [1.54, 1.807) is 25.1 Å². The average molecular weight is 415 g/mol. The lowest BCUT2D eigenvalue weighted by Gasteiger charge is -2.16. The number of carbonyl (C=O) groups is 1. The van der Waals surface area contributed by atoms with Gasteiger partial charge in [-0.05, 0) is 36.2 Å². The first-order chi connectivity index (χ1) is 15.1. The molecule has 6 nitrogen and oxygen atoms in total. The third-order valence-electron chi connectivity index (χ3n) is 5.01. The molecule has 0 fully saturated rings. The quantitative estimate of drug-likeness (QED) is 0.297. The van der Waals surface area contributed by atoms with Crippen LogP contribution in [0.25, 0.3) is 22.1 Å². The predicted molar refractivity (Wildman–Crippen MR) is 115 cm³/mol. The zero-order chi connectivity index (χ0) is 21.8. The largest absolute Gasteiger partial charge is 0.872 e. The Bertz CT molecular complexity index is 1290. The number of para-hydroxylation sites is 1. The average Bonchev–Trinajstić information content (AvgIpc) is 2.78. The minimum absolute atomic E-state index is 0.152. The second kappa shape index (κ2) is 8.85. The molecule has 0 atom stereocenters. The molecule has 0 radical (unpaired) electrons. The Labute approximate surface area is 178 Å². The molecule has 6 heteroatoms. The fourth-order valence-electron chi connectivity index (χ4n) is 3.56. The molecule has 31 heavy (non-hydrogen) atoms. The van der Waals surface area contributed by atoms with Crippen molar-refractivity contribution in [2.75, 3.05) is 6.61 Å². The zero-order valence-corrected chi connectivity index (χ0v) is 17.0. The molecular weight excluding hydrogens is 394 g/mol. The highest BCUT2D eigenvalue weighted by Gasteiger charge is 2.16. The lowest BCUT2D eigenvalue weighted by molar-refractivity contribution is -0.588. The van der Waals surface area contributed by atoms with Crippen molar-refractivity contribution in [2.45, 2.75) is 13.5 Å². The van der Waals surface area contributed by atoms with Crippen LogP contribution in [0.15, 0.2) is 82.0 Å².